The van der Waals surface area contributed by atoms with Crippen LogP contribution in [0.15, 0.2) is 30.9 Å². The van der Waals surface area contributed by atoms with Gasteiger partial charge in [-0.3, -0.25) is 4.98 Å². The van der Waals surface area contributed by atoms with Crippen LogP contribution in [0.4, 0.5) is 5.69 Å². The van der Waals surface area contributed by atoms with Crippen LogP contribution in [0.1, 0.15) is 31.3 Å². The lowest BCUT2D eigenvalue weighted by molar-refractivity contribution is 0.577. The highest BCUT2D eigenvalue weighted by Gasteiger charge is 2.05. The topological polar surface area (TPSA) is 42.7 Å². The molecule has 0 saturated carbocycles. The van der Waals surface area contributed by atoms with Crippen LogP contribution >= 0.6 is 0 Å². The number of pyridine rings is 1. The Morgan fingerprint density at radius 1 is 1.41 bits per heavy atom. The van der Waals surface area contributed by atoms with E-state index in [2.05, 4.69) is 33.7 Å². The molecule has 2 aromatic rings. The second-order valence-corrected chi connectivity index (χ2v) is 4.38. The summed E-state index contributed by atoms with van der Waals surface area (Å²) in [5.41, 5.74) is 3.27. The van der Waals surface area contributed by atoms with Crippen molar-refractivity contribution in [2.45, 2.75) is 33.4 Å². The molecular weight excluding hydrogens is 212 g/mol. The molecule has 0 aliphatic heterocycles. The number of nitrogens with one attached hydrogen (secondary N) is 1. The van der Waals surface area contributed by atoms with E-state index in [1.165, 1.54) is 5.69 Å². The molecule has 0 amide bonds. The van der Waals surface area contributed by atoms with Gasteiger partial charge in [-0.1, -0.05) is 0 Å². The van der Waals surface area contributed by atoms with Gasteiger partial charge in [-0.05, 0) is 32.9 Å². The predicted octanol–water partition coefficient (Wildman–Crippen LogP) is 2.78. The van der Waals surface area contributed by atoms with E-state index in [-0.39, 0.29) is 0 Å². The summed E-state index contributed by atoms with van der Waals surface area (Å²) in [6.45, 7) is 7.08. The summed E-state index contributed by atoms with van der Waals surface area (Å²) in [7, 11) is 0. The highest BCUT2D eigenvalue weighted by molar-refractivity contribution is 5.46. The molecule has 0 fully saturated rings. The zero-order valence-electron chi connectivity index (χ0n) is 10.5. The lowest BCUT2D eigenvalue weighted by Crippen LogP contribution is -2.09. The number of hydrogen-bond donors (Lipinski definition) is 1. The van der Waals surface area contributed by atoms with Crippen molar-refractivity contribution in [1.29, 1.82) is 0 Å². The minimum Gasteiger partial charge on any atom is -0.378 e. The fourth-order valence-corrected chi connectivity index (χ4v) is 1.79. The van der Waals surface area contributed by atoms with Crippen molar-refractivity contribution in [3.05, 3.63) is 42.2 Å². The van der Waals surface area contributed by atoms with Crippen molar-refractivity contribution in [3.8, 4) is 0 Å². The molecule has 17 heavy (non-hydrogen) atoms. The molecule has 0 bridgehead atoms. The van der Waals surface area contributed by atoms with Crippen LogP contribution in [0, 0.1) is 6.92 Å². The number of imidazole rings is 1. The van der Waals surface area contributed by atoms with Gasteiger partial charge in [0.2, 0.25) is 0 Å². The van der Waals surface area contributed by atoms with E-state index in [0.717, 1.165) is 17.9 Å². The fraction of sp³-hybridized carbons (Fsp3) is 0.385. The van der Waals surface area contributed by atoms with Gasteiger partial charge in [0.05, 0.1) is 29.9 Å². The molecule has 0 aliphatic carbocycles. The predicted molar refractivity (Wildman–Crippen MR) is 68.9 cm³/mol. The smallest absolute Gasteiger partial charge is 0.0951 e. The van der Waals surface area contributed by atoms with E-state index in [4.69, 9.17) is 0 Å². The highest BCUT2D eigenvalue weighted by atomic mass is 15.1. The lowest BCUT2D eigenvalue weighted by Gasteiger charge is -2.13. The highest BCUT2D eigenvalue weighted by Crippen LogP contribution is 2.14. The Kier molecular flexibility index (Phi) is 3.42. The molecular formula is C13H18N4. The lowest BCUT2D eigenvalue weighted by atomic mass is 10.3. The third-order valence-corrected chi connectivity index (χ3v) is 2.77. The van der Waals surface area contributed by atoms with Crippen LogP contribution in [-0.4, -0.2) is 14.5 Å². The molecule has 0 unspecified atom stereocenters. The molecule has 0 radical (unpaired) electrons. The fourth-order valence-electron chi connectivity index (χ4n) is 1.79. The van der Waals surface area contributed by atoms with Crippen LogP contribution in [-0.2, 0) is 6.54 Å². The number of nitrogens with zero attached hydrogens (tertiary/aromatic N) is 3. The summed E-state index contributed by atoms with van der Waals surface area (Å²) in [5, 5.41) is 3.39. The Morgan fingerprint density at radius 2 is 2.24 bits per heavy atom. The molecule has 0 aromatic carbocycles. The Morgan fingerprint density at radius 3 is 2.94 bits per heavy atom. The Bertz CT molecular complexity index is 488. The minimum absolute atomic E-state index is 0.435. The normalized spacial score (nSPS) is 10.8. The maximum atomic E-state index is 4.25. The summed E-state index contributed by atoms with van der Waals surface area (Å²) in [5.74, 6) is 0. The van der Waals surface area contributed by atoms with Crippen LogP contribution in [0.5, 0.6) is 0 Å². The third kappa shape index (κ3) is 2.64. The molecule has 4 nitrogen and oxygen atoms in total. The van der Waals surface area contributed by atoms with Crippen LogP contribution < -0.4 is 5.32 Å². The van der Waals surface area contributed by atoms with Crippen LogP contribution in [0.2, 0.25) is 0 Å². The summed E-state index contributed by atoms with van der Waals surface area (Å²) in [4.78, 5) is 8.44. The number of aromatic nitrogens is 3. The Labute approximate surface area is 102 Å². The first kappa shape index (κ1) is 11.6. The summed E-state index contributed by atoms with van der Waals surface area (Å²) in [6, 6.07) is 4.41. The van der Waals surface area contributed by atoms with Gasteiger partial charge in [-0.25, -0.2) is 4.98 Å². The van der Waals surface area contributed by atoms with Crippen molar-refractivity contribution in [2.75, 3.05) is 5.32 Å². The number of rotatable bonds is 4. The molecule has 0 spiro atoms. The summed E-state index contributed by atoms with van der Waals surface area (Å²) in [6.07, 6.45) is 5.58. The maximum absolute atomic E-state index is 4.25. The molecule has 0 aliphatic rings. The first-order valence-corrected chi connectivity index (χ1v) is 5.84. The van der Waals surface area contributed by atoms with Gasteiger partial charge in [0.1, 0.15) is 0 Å². The largest absolute Gasteiger partial charge is 0.378 e. The van der Waals surface area contributed by atoms with Crippen molar-refractivity contribution in [2.24, 2.45) is 0 Å². The van der Waals surface area contributed by atoms with E-state index >= 15 is 0 Å². The minimum atomic E-state index is 0.435. The first-order chi connectivity index (χ1) is 8.18. The summed E-state index contributed by atoms with van der Waals surface area (Å²) >= 11 is 0. The van der Waals surface area contributed by atoms with Gasteiger partial charge in [-0.15, -0.1) is 0 Å². The molecule has 2 aromatic heterocycles. The average molecular weight is 230 g/mol. The van der Waals surface area contributed by atoms with Gasteiger partial charge in [0.15, 0.2) is 0 Å². The maximum Gasteiger partial charge on any atom is 0.0951 e. The van der Waals surface area contributed by atoms with E-state index in [9.17, 15) is 0 Å². The van der Waals surface area contributed by atoms with Crippen molar-refractivity contribution >= 4 is 5.69 Å². The van der Waals surface area contributed by atoms with E-state index in [0.29, 0.717) is 6.04 Å². The molecule has 2 rings (SSSR count). The zero-order chi connectivity index (χ0) is 12.3. The molecule has 0 atom stereocenters. The van der Waals surface area contributed by atoms with Crippen LogP contribution in [0.25, 0.3) is 0 Å². The Balaban J connectivity index is 2.08. The molecule has 90 valence electrons. The zero-order valence-corrected chi connectivity index (χ0v) is 10.5. The standard InChI is InChI=1S/C13H18N4/c1-10(2)17-9-14-7-12(17)8-16-13-5-4-6-15-11(13)3/h4-7,9-10,16H,8H2,1-3H3. The van der Waals surface area contributed by atoms with Gasteiger partial charge < -0.3 is 9.88 Å². The number of aryl methyl sites for hydroxylation is 1. The summed E-state index contributed by atoms with van der Waals surface area (Å²) < 4.78 is 2.17. The quantitative estimate of drug-likeness (QED) is 0.878. The van der Waals surface area contributed by atoms with Crippen molar-refractivity contribution < 1.29 is 0 Å². The third-order valence-electron chi connectivity index (χ3n) is 2.77. The Hall–Kier alpha value is -1.84. The number of hydrogen-bond acceptors (Lipinski definition) is 3. The van der Waals surface area contributed by atoms with Gasteiger partial charge in [-0.2, -0.15) is 0 Å². The van der Waals surface area contributed by atoms with Gasteiger partial charge >= 0.3 is 0 Å². The molecule has 2 heterocycles. The SMILES string of the molecule is Cc1ncccc1NCc1cncn1C(C)C. The second-order valence-electron chi connectivity index (χ2n) is 4.38. The monoisotopic (exact) mass is 230 g/mol. The molecule has 1 N–H and O–H groups in total. The van der Waals surface area contributed by atoms with Gasteiger partial charge in [0, 0.05) is 18.4 Å². The van der Waals surface area contributed by atoms with Gasteiger partial charge in [0.25, 0.3) is 0 Å². The van der Waals surface area contributed by atoms with Crippen molar-refractivity contribution in [1.82, 2.24) is 14.5 Å². The molecule has 4 heteroatoms. The molecule has 0 saturated heterocycles. The van der Waals surface area contributed by atoms with E-state index in [1.807, 2.05) is 31.6 Å². The van der Waals surface area contributed by atoms with E-state index in [1.54, 1.807) is 6.20 Å². The van der Waals surface area contributed by atoms with Crippen molar-refractivity contribution in [3.63, 3.8) is 0 Å². The van der Waals surface area contributed by atoms with E-state index < -0.39 is 0 Å². The average Bonchev–Trinajstić information content (AvgIpc) is 2.76. The number of anilines is 1. The first-order valence-electron chi connectivity index (χ1n) is 5.84. The van der Waals surface area contributed by atoms with Crippen LogP contribution in [0.3, 0.4) is 0 Å². The second kappa shape index (κ2) is 4.99.